The van der Waals surface area contributed by atoms with E-state index in [1.807, 2.05) is 19.1 Å². The smallest absolute Gasteiger partial charge is 0.386 e. The molecule has 1 saturated heterocycles. The van der Waals surface area contributed by atoms with Crippen LogP contribution in [-0.2, 0) is 55.5 Å². The minimum absolute atomic E-state index is 0.00285. The van der Waals surface area contributed by atoms with Gasteiger partial charge < -0.3 is 50.9 Å². The van der Waals surface area contributed by atoms with E-state index in [1.165, 1.54) is 13.8 Å². The van der Waals surface area contributed by atoms with Gasteiger partial charge >= 0.3 is 23.5 Å². The maximum atomic E-state index is 12.7. The van der Waals surface area contributed by atoms with Crippen LogP contribution in [0.2, 0.25) is 0 Å². The number of nitrogens with two attached hydrogens (primary N) is 1. The summed E-state index contributed by atoms with van der Waals surface area (Å²) < 4.78 is 62.3. The van der Waals surface area contributed by atoms with Gasteiger partial charge in [-0.15, -0.1) is 0 Å². The Labute approximate surface area is 359 Å². The van der Waals surface area contributed by atoms with Gasteiger partial charge in [0.1, 0.15) is 42.0 Å². The zero-order valence-corrected chi connectivity index (χ0v) is 37.3. The van der Waals surface area contributed by atoms with Crippen LogP contribution < -0.4 is 16.4 Å². The summed E-state index contributed by atoms with van der Waals surface area (Å²) in [6.45, 7) is 2.40. The van der Waals surface area contributed by atoms with Gasteiger partial charge in [-0.1, -0.05) is 44.7 Å². The summed E-state index contributed by atoms with van der Waals surface area (Å²) in [5, 5.41) is 26.4. The standard InChI is InChI=1S/C33H52N7O18P3S/c1-4-5-6-7-20-19(8-9-21(20)41)14-24(43)62-13-12-35-23(42)10-11-36-31(46)28(45)33(2,3)16-55-61(52,53)58-60(50,51)54-15-22-27(57-59(47,48)49)26(44)32(56-22)40-18-39-25-29(34)37-17-38-30(25)40/h5-6,17-20,22,26-28,32,44-45H,4,7-16H2,1-3H3,(H,35,42)(H,36,46)(H,50,51)(H,52,53)(H2,34,37,38)(H2,47,48,49). The van der Waals surface area contributed by atoms with Crippen LogP contribution in [0.25, 0.3) is 11.2 Å². The molecule has 62 heavy (non-hydrogen) atoms. The van der Waals surface area contributed by atoms with Gasteiger partial charge in [-0.05, 0) is 25.2 Å². The molecule has 1 saturated carbocycles. The van der Waals surface area contributed by atoms with Crippen molar-refractivity contribution in [3.8, 4) is 0 Å². The number of nitrogens with one attached hydrogen (secondary N) is 2. The molecule has 348 valence electrons. The van der Waals surface area contributed by atoms with Gasteiger partial charge in [0, 0.05) is 49.4 Å². The monoisotopic (exact) mass is 959 g/mol. The van der Waals surface area contributed by atoms with Crippen LogP contribution in [-0.4, -0.2) is 128 Å². The Balaban J connectivity index is 1.18. The highest BCUT2D eigenvalue weighted by atomic mass is 32.2. The van der Waals surface area contributed by atoms with Crippen LogP contribution >= 0.6 is 35.2 Å². The lowest BCUT2D eigenvalue weighted by atomic mass is 9.87. The molecule has 9 unspecified atom stereocenters. The third-order valence-electron chi connectivity index (χ3n) is 9.73. The maximum absolute atomic E-state index is 12.7. The van der Waals surface area contributed by atoms with E-state index in [4.69, 9.17) is 19.5 Å². The molecule has 0 bridgehead atoms. The number of ketones is 1. The number of phosphoric ester groups is 3. The third-order valence-corrected chi connectivity index (χ3v) is 13.7. The number of nitrogen functional groups attached to an aromatic ring is 1. The maximum Gasteiger partial charge on any atom is 0.481 e. The van der Waals surface area contributed by atoms with Crippen LogP contribution in [0.3, 0.4) is 0 Å². The predicted molar refractivity (Wildman–Crippen MR) is 217 cm³/mol. The Morgan fingerprint density at radius 2 is 1.79 bits per heavy atom. The van der Waals surface area contributed by atoms with Gasteiger partial charge in [0.25, 0.3) is 0 Å². The second-order valence-corrected chi connectivity index (χ2v) is 20.4. The first kappa shape index (κ1) is 51.6. The number of ether oxygens (including phenoxy) is 1. The first-order valence-electron chi connectivity index (χ1n) is 19.2. The molecule has 2 fully saturated rings. The molecule has 0 radical (unpaired) electrons. The number of aliphatic hydroxyl groups is 2. The topological polar surface area (TPSA) is 381 Å². The average Bonchev–Trinajstić information content (AvgIpc) is 3.85. The zero-order chi connectivity index (χ0) is 46.0. The number of thioether (sulfide) groups is 1. The number of nitrogens with zero attached hydrogens (tertiary/aromatic N) is 4. The molecule has 2 aliphatic rings. The highest BCUT2D eigenvalue weighted by molar-refractivity contribution is 8.13. The number of amides is 2. The van der Waals surface area contributed by atoms with Gasteiger partial charge in [0.15, 0.2) is 22.8 Å². The average molecular weight is 960 g/mol. The number of Topliss-reactive ketones (excluding diaryl/α,β-unsaturated/α-hetero) is 1. The van der Waals surface area contributed by atoms with Crippen LogP contribution in [0.4, 0.5) is 5.82 Å². The number of aromatic nitrogens is 4. The quantitative estimate of drug-likeness (QED) is 0.0402. The number of hydrogen-bond acceptors (Lipinski definition) is 19. The van der Waals surface area contributed by atoms with E-state index in [-0.39, 0.29) is 65.6 Å². The highest BCUT2D eigenvalue weighted by Gasteiger charge is 2.50. The van der Waals surface area contributed by atoms with Crippen LogP contribution in [0.15, 0.2) is 24.8 Å². The van der Waals surface area contributed by atoms with Crippen molar-refractivity contribution in [1.29, 1.82) is 0 Å². The number of aliphatic hydroxyl groups excluding tert-OH is 2. The molecule has 25 nitrogen and oxygen atoms in total. The van der Waals surface area contributed by atoms with Gasteiger partial charge in [-0.25, -0.2) is 28.6 Å². The van der Waals surface area contributed by atoms with Gasteiger partial charge in [-0.2, -0.15) is 4.31 Å². The van der Waals surface area contributed by atoms with E-state index in [1.54, 1.807) is 0 Å². The number of carbonyl (C=O) groups excluding carboxylic acids is 4. The van der Waals surface area contributed by atoms with Crippen molar-refractivity contribution >= 4 is 74.9 Å². The summed E-state index contributed by atoms with van der Waals surface area (Å²) in [7, 11) is -16.4. The Kier molecular flexibility index (Phi) is 18.5. The summed E-state index contributed by atoms with van der Waals surface area (Å²) in [6.07, 6.45) is -0.110. The molecule has 4 rings (SSSR count). The molecule has 9 atom stereocenters. The van der Waals surface area contributed by atoms with Crippen LogP contribution in [0.5, 0.6) is 0 Å². The number of carbonyl (C=O) groups is 4. The molecule has 3 heterocycles. The number of fused-ring (bicyclic) bond motifs is 1. The van der Waals surface area contributed by atoms with Crippen molar-refractivity contribution in [2.24, 2.45) is 17.3 Å². The van der Waals surface area contributed by atoms with E-state index in [0.29, 0.717) is 25.0 Å². The Bertz CT molecular complexity index is 2090. The molecule has 10 N–H and O–H groups in total. The van der Waals surface area contributed by atoms with Crippen molar-refractivity contribution in [2.75, 3.05) is 37.8 Å². The molecule has 1 aliphatic heterocycles. The number of allylic oxidation sites excluding steroid dienone is 2. The fraction of sp³-hybridized carbons (Fsp3) is 0.667. The number of anilines is 1. The minimum Gasteiger partial charge on any atom is -0.386 e. The molecular formula is C33H52N7O18P3S. The molecule has 0 aromatic carbocycles. The molecular weight excluding hydrogens is 907 g/mol. The van der Waals surface area contributed by atoms with Gasteiger partial charge in [-0.3, -0.25) is 37.3 Å². The van der Waals surface area contributed by atoms with E-state index in [2.05, 4.69) is 34.4 Å². The fourth-order valence-corrected chi connectivity index (χ4v) is 10.1. The minimum atomic E-state index is -5.59. The summed E-state index contributed by atoms with van der Waals surface area (Å²) in [5.41, 5.74) is 4.24. The first-order chi connectivity index (χ1) is 28.9. The van der Waals surface area contributed by atoms with Gasteiger partial charge in [0.05, 0.1) is 19.5 Å². The lowest BCUT2D eigenvalue weighted by molar-refractivity contribution is -0.137. The summed E-state index contributed by atoms with van der Waals surface area (Å²) in [6, 6.07) is 0. The molecule has 1 aliphatic carbocycles. The van der Waals surface area contributed by atoms with Crippen LogP contribution in [0.1, 0.15) is 65.5 Å². The Morgan fingerprint density at radius 3 is 2.48 bits per heavy atom. The van der Waals surface area contributed by atoms with E-state index in [0.717, 1.165) is 35.4 Å². The zero-order valence-electron chi connectivity index (χ0n) is 33.8. The molecule has 2 amide bonds. The van der Waals surface area contributed by atoms with Crippen molar-refractivity contribution in [2.45, 2.75) is 89.9 Å². The fourth-order valence-electron chi connectivity index (χ4n) is 6.52. The molecule has 29 heteroatoms. The summed E-state index contributed by atoms with van der Waals surface area (Å²) in [5.74, 6) is -1.18. The Morgan fingerprint density at radius 1 is 1.08 bits per heavy atom. The number of phosphoric acid groups is 3. The normalized spacial score (nSPS) is 24.6. The second-order valence-electron chi connectivity index (χ2n) is 15.0. The summed E-state index contributed by atoms with van der Waals surface area (Å²) >= 11 is 1.06. The first-order valence-corrected chi connectivity index (χ1v) is 24.7. The van der Waals surface area contributed by atoms with Crippen molar-refractivity contribution in [1.82, 2.24) is 30.2 Å². The van der Waals surface area contributed by atoms with E-state index >= 15 is 0 Å². The number of hydrogen-bond donors (Lipinski definition) is 9. The van der Waals surface area contributed by atoms with Crippen molar-refractivity contribution in [3.05, 3.63) is 24.8 Å². The predicted octanol–water partition coefficient (Wildman–Crippen LogP) is 1.01. The van der Waals surface area contributed by atoms with Crippen LogP contribution in [0, 0.1) is 17.3 Å². The third kappa shape index (κ3) is 15.0. The number of imidazole rings is 1. The summed E-state index contributed by atoms with van der Waals surface area (Å²) in [4.78, 5) is 101. The highest BCUT2D eigenvalue weighted by Crippen LogP contribution is 2.61. The molecule has 2 aromatic heterocycles. The van der Waals surface area contributed by atoms with Crippen molar-refractivity contribution < 1.29 is 85.3 Å². The van der Waals surface area contributed by atoms with E-state index in [9.17, 15) is 62.7 Å². The van der Waals surface area contributed by atoms with Gasteiger partial charge in [0.2, 0.25) is 11.8 Å². The second kappa shape index (κ2) is 22.2. The largest absolute Gasteiger partial charge is 0.481 e. The Hall–Kier alpha value is -3.03. The van der Waals surface area contributed by atoms with Crippen molar-refractivity contribution in [3.63, 3.8) is 0 Å². The lowest BCUT2D eigenvalue weighted by Gasteiger charge is -2.30. The number of rotatable bonds is 24. The molecule has 0 spiro atoms. The van der Waals surface area contributed by atoms with E-state index < -0.39 is 84.6 Å². The molecule has 2 aromatic rings. The lowest BCUT2D eigenvalue weighted by Crippen LogP contribution is -2.46. The SMILES string of the molecule is CCC=CCC1C(=O)CCC1CC(=O)SCCNC(=O)CCNC(=O)C(O)C(C)(C)COP(=O)(O)OP(=O)(O)OCC1OC(n2cnc3c(N)ncnc32)C(O)C1OP(=O)(O)O.